The van der Waals surface area contributed by atoms with Crippen LogP contribution in [0.3, 0.4) is 0 Å². The lowest BCUT2D eigenvalue weighted by Crippen LogP contribution is -2.54. The van der Waals surface area contributed by atoms with Gasteiger partial charge < -0.3 is 39.8 Å². The van der Waals surface area contributed by atoms with E-state index < -0.39 is 33.9 Å². The number of carbonyl (C=O) groups is 3. The molecule has 0 spiro atoms. The van der Waals surface area contributed by atoms with Gasteiger partial charge in [0.15, 0.2) is 28.3 Å². The van der Waals surface area contributed by atoms with Crippen molar-refractivity contribution in [2.45, 2.75) is 144 Å². The number of likely N-dealkylation sites (tertiary alicyclic amines) is 4. The van der Waals surface area contributed by atoms with Crippen molar-refractivity contribution in [1.29, 1.82) is 0 Å². The maximum Gasteiger partial charge on any atom is 0.437 e. The predicted molar refractivity (Wildman–Crippen MR) is 556 cm³/mol. The van der Waals surface area contributed by atoms with Crippen LogP contribution in [0.25, 0.3) is 44.7 Å². The Hall–Kier alpha value is -9.25. The summed E-state index contributed by atoms with van der Waals surface area (Å²) in [6, 6.07) is 20.4. The van der Waals surface area contributed by atoms with Crippen LogP contribution in [0.15, 0.2) is 97.6 Å². The van der Waals surface area contributed by atoms with E-state index in [0.717, 1.165) is 228 Å². The number of hydrogen-bond acceptors (Lipinski definition) is 25. The summed E-state index contributed by atoms with van der Waals surface area (Å²) in [5, 5.41) is 39.6. The summed E-state index contributed by atoms with van der Waals surface area (Å²) in [7, 11) is -3.43. The monoisotopic (exact) mass is 2140 g/mol. The first-order chi connectivity index (χ1) is 68.2. The Bertz CT molecular complexity index is 6590. The second-order valence-electron chi connectivity index (χ2n) is 39.6. The molecule has 8 saturated heterocycles. The van der Waals surface area contributed by atoms with E-state index in [0.29, 0.717) is 119 Å². The van der Waals surface area contributed by atoms with Crippen molar-refractivity contribution in [1.82, 2.24) is 104 Å². The average Bonchev–Trinajstić information content (AvgIpc) is 1.61. The number of alkyl halides is 3. The van der Waals surface area contributed by atoms with Crippen LogP contribution in [0.5, 0.6) is 0 Å². The molecule has 8 fully saturated rings. The highest BCUT2D eigenvalue weighted by Gasteiger charge is 2.45. The zero-order chi connectivity index (χ0) is 101. The molecule has 8 aromatic heterocycles. The average molecular weight is 2140 g/mol. The molecule has 4 aromatic carbocycles. The van der Waals surface area contributed by atoms with Gasteiger partial charge >= 0.3 is 12.1 Å². The van der Waals surface area contributed by atoms with Crippen molar-refractivity contribution in [3.63, 3.8) is 0 Å². The van der Waals surface area contributed by atoms with Crippen LogP contribution < -0.4 is 30.1 Å². The number of rotatable bonds is 26. The van der Waals surface area contributed by atoms with E-state index in [9.17, 15) is 36.0 Å². The maximum atomic E-state index is 13.8. The lowest BCUT2D eigenvalue weighted by molar-refractivity contribution is -0.140. The number of carboxylic acids is 1. The highest BCUT2D eigenvalue weighted by atomic mass is 35.5. The number of nitrogens with zero attached hydrogens (tertiary/aromatic N) is 24. The minimum absolute atomic E-state index is 0.0128. The lowest BCUT2D eigenvalue weighted by Gasteiger charge is -2.47. The van der Waals surface area contributed by atoms with E-state index in [1.54, 1.807) is 50.2 Å². The maximum absolute atomic E-state index is 13.8. The van der Waals surface area contributed by atoms with Gasteiger partial charge in [0.1, 0.15) is 51.1 Å². The third kappa shape index (κ3) is 24.4. The van der Waals surface area contributed by atoms with Crippen LogP contribution in [0.1, 0.15) is 162 Å². The zero-order valence-electron chi connectivity index (χ0n) is 81.2. The Labute approximate surface area is 869 Å². The molecule has 44 heteroatoms. The Kier molecular flexibility index (Phi) is 32.9. The fourth-order valence-electron chi connectivity index (χ4n) is 21.5. The number of sulfonamides is 1. The van der Waals surface area contributed by atoms with Gasteiger partial charge in [0.05, 0.1) is 84.9 Å². The number of primary sulfonamides is 1. The van der Waals surface area contributed by atoms with Crippen molar-refractivity contribution < 1.29 is 41.1 Å². The van der Waals surface area contributed by atoms with Gasteiger partial charge in [0, 0.05) is 145 Å². The number of aromatic nitrogens is 16. The predicted octanol–water partition coefficient (Wildman–Crippen LogP) is 17.6. The van der Waals surface area contributed by atoms with Gasteiger partial charge in [-0.1, -0.05) is 117 Å². The van der Waals surface area contributed by atoms with Crippen molar-refractivity contribution in [2.75, 3.05) is 163 Å². The van der Waals surface area contributed by atoms with Crippen LogP contribution >= 0.6 is 92.8 Å². The Morgan fingerprint density at radius 1 is 0.420 bits per heavy atom. The summed E-state index contributed by atoms with van der Waals surface area (Å²) in [5.41, 5.74) is 9.18. The van der Waals surface area contributed by atoms with Crippen LogP contribution in [-0.2, 0) is 30.6 Å². The minimum Gasteiger partial charge on any atom is -0.480 e. The standard InChI is InChI=1S/C26H30Cl2F3N7O.C25H30Cl2N6O.C24H31Cl2N7O2S.C24H28Cl2N6O2/c1-15(20-6-5-19(27)10-21(20)28)38-25-23(24(35-38)26(29,30)31)33-11-22(34-25)37-13-18(14-37)17-4-3-8-36(12-17)9-7-32-16(2)39;1-15(34)11-31-8-4-5-18(12-31)19-13-32(14-19)23-10-28-24-16(2)30-33(25(24)29-23)17(3)21-7-6-20(26)9-22(21)27;1-15-23-24(33(30-15)16(2)20-6-5-19(25)10-21(20)26)29-22(11-28-23)32-13-18(14-32)17-4-3-7-31(12-17)8-9-36(27,34)35;1-14-23-24(32(29-14)15(2)19-6-5-18(25)8-20(19)26)28-21(9-27-23)31-11-17(12-31)16-4-3-7-30(10-16)13-22(33)34/h5-6,10-11,15,17-18H,3-4,7-9,12-14H2,1-2H3,(H,32,39);6-7,9-10,17-19H,4-5,8,11-14H2,1-3H3;5-6,10-11,16-18H,3-4,7-9,12-14H2,1-2H3,(H2,27,34,35);5-6,8-9,15-17H,3-4,7,10-13H2,1-2H3,(H,33,34)/t15-,17-;;;/m1.../s1. The van der Waals surface area contributed by atoms with E-state index >= 15 is 0 Å². The molecular weight excluding hydrogens is 2020 g/mol. The number of aliphatic carboxylic acids is 1. The third-order valence-electron chi connectivity index (χ3n) is 29.5. The van der Waals surface area contributed by atoms with Crippen LogP contribution in [-0.4, -0.2) is 273 Å². The largest absolute Gasteiger partial charge is 0.480 e. The number of nitrogens with two attached hydrogens (primary N) is 1. The first-order valence-corrected chi connectivity index (χ1v) is 53.6. The van der Waals surface area contributed by atoms with Gasteiger partial charge in [0.25, 0.3) is 0 Å². The Morgan fingerprint density at radius 3 is 1.00 bits per heavy atom. The molecule has 12 aromatic rings. The fraction of sp³-hybridized carbons (Fsp3) is 0.525. The number of halogens is 11. The van der Waals surface area contributed by atoms with Gasteiger partial charge in [0.2, 0.25) is 15.9 Å². The minimum atomic E-state index is -4.68. The molecule has 1 amide bonds. The van der Waals surface area contributed by atoms with E-state index in [2.05, 4.69) is 71.5 Å². The number of benzene rings is 4. The third-order valence-corrected chi connectivity index (χ3v) is 32.5. The second kappa shape index (κ2) is 44.8. The number of Topliss-reactive ketones (excluding diaryl/α,β-unsaturated/α-hetero) is 1. The molecule has 764 valence electrons. The number of amides is 1. The van der Waals surface area contributed by atoms with Crippen molar-refractivity contribution >= 4 is 188 Å². The number of carboxylic acid groups (broad SMARTS) is 1. The van der Waals surface area contributed by atoms with Crippen LogP contribution in [0.4, 0.5) is 36.4 Å². The van der Waals surface area contributed by atoms with Crippen molar-refractivity contribution in [3.05, 3.63) is 183 Å². The summed E-state index contributed by atoms with van der Waals surface area (Å²) in [6.07, 6.45) is 11.4. The van der Waals surface area contributed by atoms with Gasteiger partial charge in [-0.3, -0.25) is 24.2 Å². The molecule has 16 heterocycles. The summed E-state index contributed by atoms with van der Waals surface area (Å²) in [5.74, 6) is 7.04. The molecule has 0 aliphatic carbocycles. The highest BCUT2D eigenvalue weighted by molar-refractivity contribution is 7.89. The smallest absolute Gasteiger partial charge is 0.437 e. The van der Waals surface area contributed by atoms with E-state index in [1.165, 1.54) is 37.1 Å². The summed E-state index contributed by atoms with van der Waals surface area (Å²) < 4.78 is 71.2. The first kappa shape index (κ1) is 105. The molecule has 20 rings (SSSR count). The molecule has 0 radical (unpaired) electrons. The SMILES string of the molecule is CC(=O)CN1CCCC(C2CN(c3cnc4c(C)nn(C(C)c5ccc(Cl)cc5Cl)c4n3)C2)C1.CC(=O)NCCN1CCC[C@@H](C2CN(c3cnc4c(C(F)(F)F)nn([C@H](C)c5ccc(Cl)cc5Cl)c4n3)C2)C1.Cc1nn(C(C)c2ccc(Cl)cc2Cl)c2nc(N3CC(C4CCCN(CC(=O)O)C4)C3)cnc12.Cc1nn(C(C)c2ccc(Cl)cc2Cl)c2nc(N3CC(C4CCCN(CCS(N)(=O)=O)C4)C3)cnc12. The summed E-state index contributed by atoms with van der Waals surface area (Å²) in [4.78, 5) is 89.4. The summed E-state index contributed by atoms with van der Waals surface area (Å²) in [6.45, 7) is 34.4. The van der Waals surface area contributed by atoms with E-state index in [1.807, 2.05) is 104 Å². The van der Waals surface area contributed by atoms with Crippen LogP contribution in [0, 0.1) is 68.1 Å². The van der Waals surface area contributed by atoms with E-state index in [-0.39, 0.29) is 53.3 Å². The molecular formula is C99H119Cl8F3N26O6S. The second-order valence-corrected chi connectivity index (χ2v) is 44.7. The van der Waals surface area contributed by atoms with E-state index in [4.69, 9.17) is 143 Å². The van der Waals surface area contributed by atoms with Crippen molar-refractivity contribution in [3.8, 4) is 0 Å². The van der Waals surface area contributed by atoms with Crippen molar-refractivity contribution in [2.24, 2.45) is 52.5 Å². The van der Waals surface area contributed by atoms with Gasteiger partial charge in [-0.05, 0) is 251 Å². The number of hydrogen-bond donors (Lipinski definition) is 3. The Morgan fingerprint density at radius 2 is 0.706 bits per heavy atom. The molecule has 32 nitrogen and oxygen atoms in total. The number of carbonyl (C=O) groups excluding carboxylic acids is 2. The first-order valence-electron chi connectivity index (χ1n) is 48.8. The molecule has 143 heavy (non-hydrogen) atoms. The summed E-state index contributed by atoms with van der Waals surface area (Å²) >= 11 is 50.1. The zero-order valence-corrected chi connectivity index (χ0v) is 88.1. The van der Waals surface area contributed by atoms with Crippen LogP contribution in [0.2, 0.25) is 40.2 Å². The number of anilines is 4. The number of nitrogens with one attached hydrogen (secondary N) is 1. The molecule has 8 aliphatic rings. The quantitative estimate of drug-likeness (QED) is 0.0453. The topological polar surface area (TPSA) is 344 Å². The number of fused-ring (bicyclic) bond motifs is 4. The number of piperidine rings is 4. The molecule has 8 aliphatic heterocycles. The molecule has 6 unspecified atom stereocenters. The molecule has 8 atom stereocenters. The van der Waals surface area contributed by atoms with Gasteiger partial charge in [-0.2, -0.15) is 33.6 Å². The lowest BCUT2D eigenvalue weighted by atomic mass is 9.80. The normalized spacial score (nSPS) is 20.3. The molecule has 4 N–H and O–H groups in total. The van der Waals surface area contributed by atoms with Gasteiger partial charge in [-0.25, -0.2) is 72.2 Å². The number of ketones is 1. The fourth-order valence-corrected chi connectivity index (χ4v) is 24.3. The molecule has 0 bridgehead atoms. The Balaban J connectivity index is 0.000000131. The van der Waals surface area contributed by atoms with Gasteiger partial charge in [-0.15, -0.1) is 0 Å². The highest BCUT2D eigenvalue weighted by Crippen LogP contribution is 2.44. The number of aryl methyl sites for hydroxylation is 3. The molecule has 0 saturated carbocycles.